The summed E-state index contributed by atoms with van der Waals surface area (Å²) in [6, 6.07) is 8.22. The van der Waals surface area contributed by atoms with Gasteiger partial charge in [0.2, 0.25) is 0 Å². The first-order valence-electron chi connectivity index (χ1n) is 7.12. The van der Waals surface area contributed by atoms with Crippen molar-refractivity contribution < 1.29 is 0 Å². The Bertz CT molecular complexity index is 1040. The van der Waals surface area contributed by atoms with Gasteiger partial charge < -0.3 is 4.98 Å². The third kappa shape index (κ3) is 2.40. The number of nitrogens with one attached hydrogen (secondary N) is 1. The van der Waals surface area contributed by atoms with Gasteiger partial charge in [-0.3, -0.25) is 4.79 Å². The van der Waals surface area contributed by atoms with Crippen molar-refractivity contribution >= 4 is 32.9 Å². The van der Waals surface area contributed by atoms with Gasteiger partial charge in [0.25, 0.3) is 5.56 Å². The molecule has 6 heteroatoms. The Morgan fingerprint density at radius 2 is 1.91 bits per heavy atom. The van der Waals surface area contributed by atoms with Crippen LogP contribution in [-0.4, -0.2) is 15.0 Å². The van der Waals surface area contributed by atoms with Crippen LogP contribution in [0.2, 0.25) is 0 Å². The Morgan fingerprint density at radius 3 is 2.61 bits per heavy atom. The van der Waals surface area contributed by atoms with E-state index in [1.54, 1.807) is 16.8 Å². The lowest BCUT2D eigenvalue weighted by Gasteiger charge is -2.03. The Balaban J connectivity index is 1.98. The zero-order valence-electron chi connectivity index (χ0n) is 12.6. The van der Waals surface area contributed by atoms with E-state index < -0.39 is 0 Å². The van der Waals surface area contributed by atoms with Crippen LogP contribution in [0.4, 0.5) is 0 Å². The SMILES string of the molecule is Cc1ccc(-c2c(C)sc3nc(-c4cscn4)[nH]c(=O)c23)cc1. The molecule has 1 N–H and O–H groups in total. The summed E-state index contributed by atoms with van der Waals surface area (Å²) in [6.07, 6.45) is 0. The highest BCUT2D eigenvalue weighted by molar-refractivity contribution is 7.19. The molecule has 0 bridgehead atoms. The van der Waals surface area contributed by atoms with Crippen LogP contribution in [0.3, 0.4) is 0 Å². The van der Waals surface area contributed by atoms with E-state index in [0.29, 0.717) is 16.9 Å². The molecule has 4 aromatic rings. The minimum Gasteiger partial charge on any atom is -0.305 e. The smallest absolute Gasteiger partial charge is 0.260 e. The second-order valence-electron chi connectivity index (χ2n) is 5.37. The van der Waals surface area contributed by atoms with Gasteiger partial charge >= 0.3 is 0 Å². The van der Waals surface area contributed by atoms with Crippen molar-refractivity contribution in [2.24, 2.45) is 0 Å². The second kappa shape index (κ2) is 5.40. The largest absolute Gasteiger partial charge is 0.305 e. The number of hydrogen-bond donors (Lipinski definition) is 1. The van der Waals surface area contributed by atoms with Crippen LogP contribution >= 0.6 is 22.7 Å². The van der Waals surface area contributed by atoms with Crippen LogP contribution in [0.25, 0.3) is 32.9 Å². The molecular weight excluding hydrogens is 326 g/mol. The normalized spacial score (nSPS) is 11.2. The quantitative estimate of drug-likeness (QED) is 0.589. The Hall–Kier alpha value is -2.31. The van der Waals surface area contributed by atoms with E-state index in [-0.39, 0.29) is 5.56 Å². The van der Waals surface area contributed by atoms with Crippen molar-refractivity contribution in [1.82, 2.24) is 15.0 Å². The van der Waals surface area contributed by atoms with E-state index in [2.05, 4.69) is 46.1 Å². The molecule has 23 heavy (non-hydrogen) atoms. The summed E-state index contributed by atoms with van der Waals surface area (Å²) in [4.78, 5) is 26.2. The topological polar surface area (TPSA) is 58.6 Å². The molecule has 4 nitrogen and oxygen atoms in total. The van der Waals surface area contributed by atoms with Crippen molar-refractivity contribution in [2.45, 2.75) is 13.8 Å². The lowest BCUT2D eigenvalue weighted by atomic mass is 10.0. The molecule has 0 saturated carbocycles. The van der Waals surface area contributed by atoms with E-state index in [9.17, 15) is 4.79 Å². The molecule has 0 spiro atoms. The number of aromatic amines is 1. The molecule has 3 heterocycles. The van der Waals surface area contributed by atoms with E-state index in [0.717, 1.165) is 20.8 Å². The predicted molar refractivity (Wildman–Crippen MR) is 96.3 cm³/mol. The van der Waals surface area contributed by atoms with E-state index in [1.165, 1.54) is 16.9 Å². The number of benzene rings is 1. The molecule has 0 fully saturated rings. The van der Waals surface area contributed by atoms with Crippen molar-refractivity contribution in [3.05, 3.63) is 56.0 Å². The molecule has 0 atom stereocenters. The van der Waals surface area contributed by atoms with Crippen molar-refractivity contribution in [3.63, 3.8) is 0 Å². The lowest BCUT2D eigenvalue weighted by molar-refractivity contribution is 1.16. The molecule has 4 rings (SSSR count). The molecule has 114 valence electrons. The highest BCUT2D eigenvalue weighted by Crippen LogP contribution is 2.36. The Kier molecular flexibility index (Phi) is 3.36. The van der Waals surface area contributed by atoms with Gasteiger partial charge in [0.1, 0.15) is 10.5 Å². The van der Waals surface area contributed by atoms with Crippen LogP contribution in [0.15, 0.2) is 40.0 Å². The molecule has 3 aromatic heterocycles. The average Bonchev–Trinajstić information content (AvgIpc) is 3.15. The van der Waals surface area contributed by atoms with Gasteiger partial charge in [-0.25, -0.2) is 9.97 Å². The fourth-order valence-electron chi connectivity index (χ4n) is 2.64. The first-order chi connectivity index (χ1) is 11.1. The summed E-state index contributed by atoms with van der Waals surface area (Å²) in [6.45, 7) is 4.08. The molecule has 0 aliphatic rings. The minimum absolute atomic E-state index is 0.113. The fraction of sp³-hybridized carbons (Fsp3) is 0.118. The van der Waals surface area contributed by atoms with Crippen LogP contribution in [0.1, 0.15) is 10.4 Å². The summed E-state index contributed by atoms with van der Waals surface area (Å²) in [7, 11) is 0. The number of thiazole rings is 1. The summed E-state index contributed by atoms with van der Waals surface area (Å²) in [5, 5.41) is 2.54. The molecule has 0 unspecified atom stereocenters. The van der Waals surface area contributed by atoms with E-state index >= 15 is 0 Å². The highest BCUT2D eigenvalue weighted by atomic mass is 32.1. The van der Waals surface area contributed by atoms with Crippen LogP contribution < -0.4 is 5.56 Å². The summed E-state index contributed by atoms with van der Waals surface area (Å²) < 4.78 is 0. The highest BCUT2D eigenvalue weighted by Gasteiger charge is 2.17. The fourth-order valence-corrected chi connectivity index (χ4v) is 4.22. The monoisotopic (exact) mass is 339 g/mol. The number of aromatic nitrogens is 3. The number of H-pyrrole nitrogens is 1. The first-order valence-corrected chi connectivity index (χ1v) is 8.88. The molecule has 0 radical (unpaired) electrons. The Labute approximate surface area is 140 Å². The predicted octanol–water partition coefficient (Wildman–Crippen LogP) is 4.39. The molecule has 0 aliphatic heterocycles. The molecule has 0 aliphatic carbocycles. The van der Waals surface area contributed by atoms with Crippen LogP contribution in [-0.2, 0) is 0 Å². The van der Waals surface area contributed by atoms with Gasteiger partial charge in [-0.1, -0.05) is 29.8 Å². The van der Waals surface area contributed by atoms with Gasteiger partial charge in [-0.05, 0) is 19.4 Å². The number of rotatable bonds is 2. The van der Waals surface area contributed by atoms with Gasteiger partial charge in [0.05, 0.1) is 10.9 Å². The number of thiophene rings is 1. The summed E-state index contributed by atoms with van der Waals surface area (Å²) in [5.41, 5.74) is 5.55. The molecule has 1 aromatic carbocycles. The molecule has 0 saturated heterocycles. The molecule has 0 amide bonds. The van der Waals surface area contributed by atoms with Crippen LogP contribution in [0.5, 0.6) is 0 Å². The van der Waals surface area contributed by atoms with E-state index in [4.69, 9.17) is 0 Å². The van der Waals surface area contributed by atoms with Crippen molar-refractivity contribution in [3.8, 4) is 22.6 Å². The Morgan fingerprint density at radius 1 is 1.13 bits per heavy atom. The second-order valence-corrected chi connectivity index (χ2v) is 7.29. The minimum atomic E-state index is -0.113. The zero-order valence-corrected chi connectivity index (χ0v) is 14.2. The van der Waals surface area contributed by atoms with Gasteiger partial charge in [0, 0.05) is 15.8 Å². The number of aryl methyl sites for hydroxylation is 2. The first kappa shape index (κ1) is 14.3. The maximum Gasteiger partial charge on any atom is 0.260 e. The number of hydrogen-bond acceptors (Lipinski definition) is 5. The van der Waals surface area contributed by atoms with Crippen molar-refractivity contribution in [1.29, 1.82) is 0 Å². The van der Waals surface area contributed by atoms with Gasteiger partial charge in [-0.2, -0.15) is 0 Å². The zero-order chi connectivity index (χ0) is 16.0. The average molecular weight is 339 g/mol. The van der Waals surface area contributed by atoms with Crippen molar-refractivity contribution in [2.75, 3.05) is 0 Å². The lowest BCUT2D eigenvalue weighted by Crippen LogP contribution is -2.09. The van der Waals surface area contributed by atoms with Gasteiger partial charge in [-0.15, -0.1) is 22.7 Å². The summed E-state index contributed by atoms with van der Waals surface area (Å²) in [5.74, 6) is 0.528. The number of nitrogens with zero attached hydrogens (tertiary/aromatic N) is 2. The van der Waals surface area contributed by atoms with Crippen LogP contribution in [0, 0.1) is 13.8 Å². The van der Waals surface area contributed by atoms with Gasteiger partial charge in [0.15, 0.2) is 5.82 Å². The van der Waals surface area contributed by atoms with E-state index in [1.807, 2.05) is 12.3 Å². The third-order valence-electron chi connectivity index (χ3n) is 3.75. The maximum atomic E-state index is 12.7. The maximum absolute atomic E-state index is 12.7. The number of fused-ring (bicyclic) bond motifs is 1. The standard InChI is InChI=1S/C17H13N3OS2/c1-9-3-5-11(6-4-9)13-10(2)23-17-14(13)16(21)19-15(20-17)12-7-22-8-18-12/h3-8H,1-2H3,(H,19,20,21). The molecular formula is C17H13N3OS2. The third-order valence-corrected chi connectivity index (χ3v) is 5.34. The summed E-state index contributed by atoms with van der Waals surface area (Å²) >= 11 is 3.03.